The van der Waals surface area contributed by atoms with Gasteiger partial charge in [-0.25, -0.2) is 0 Å². The van der Waals surface area contributed by atoms with E-state index >= 15 is 0 Å². The highest BCUT2D eigenvalue weighted by molar-refractivity contribution is 6.73. The largest absolute Gasteiger partial charge is 0.409 e. The summed E-state index contributed by atoms with van der Waals surface area (Å²) in [5.41, 5.74) is 7.99. The highest BCUT2D eigenvalue weighted by atomic mass is 35.5. The van der Waals surface area contributed by atoms with Gasteiger partial charge in [-0.1, -0.05) is 32.4 Å². The Kier molecular flexibility index (Phi) is 6.46. The van der Waals surface area contributed by atoms with Crippen molar-refractivity contribution in [1.29, 1.82) is 0 Å². The molecule has 1 aromatic rings. The topological polar surface area (TPSA) is 48.1 Å². The molecule has 0 aromatic carbocycles. The molecule has 3 nitrogen and oxygen atoms in total. The second kappa shape index (κ2) is 7.38. The zero-order valence-corrected chi connectivity index (χ0v) is 14.1. The van der Waals surface area contributed by atoms with Crippen LogP contribution in [-0.4, -0.2) is 19.8 Å². The predicted octanol–water partition coefficient (Wildman–Crippen LogP) is 4.07. The standard InChI is InChI=1S/C14H25ClN2OSi/c1-5-19(6-2,7-3)18-13(8-16)14-11(4)9-17-10-12(14)15/h9-10,13H,5-8,16H2,1-4H3. The lowest BCUT2D eigenvalue weighted by molar-refractivity contribution is 0.197. The number of nitrogens with zero attached hydrogens (tertiary/aromatic N) is 1. The SMILES string of the molecule is CC[Si](CC)(CC)OC(CN)c1c(C)cncc1Cl. The summed E-state index contributed by atoms with van der Waals surface area (Å²) in [4.78, 5) is 4.10. The minimum atomic E-state index is -1.69. The van der Waals surface area contributed by atoms with Gasteiger partial charge in [-0.2, -0.15) is 0 Å². The number of nitrogens with two attached hydrogens (primary N) is 1. The first kappa shape index (κ1) is 16.6. The first-order valence-corrected chi connectivity index (χ1v) is 9.92. The van der Waals surface area contributed by atoms with Gasteiger partial charge in [0.25, 0.3) is 0 Å². The summed E-state index contributed by atoms with van der Waals surface area (Å²) in [7, 11) is -1.69. The summed E-state index contributed by atoms with van der Waals surface area (Å²) in [6.07, 6.45) is 3.38. The number of pyridine rings is 1. The van der Waals surface area contributed by atoms with E-state index in [1.807, 2.05) is 13.1 Å². The second-order valence-corrected chi connectivity index (χ2v) is 10.1. The van der Waals surface area contributed by atoms with Gasteiger partial charge in [-0.05, 0) is 30.6 Å². The van der Waals surface area contributed by atoms with E-state index in [1.165, 1.54) is 0 Å². The molecule has 108 valence electrons. The predicted molar refractivity (Wildman–Crippen MR) is 84.1 cm³/mol. The Bertz CT molecular complexity index is 382. The fourth-order valence-corrected chi connectivity index (χ4v) is 5.62. The van der Waals surface area contributed by atoms with Crippen LogP contribution in [0.1, 0.15) is 38.0 Å². The van der Waals surface area contributed by atoms with Crippen molar-refractivity contribution in [3.05, 3.63) is 28.5 Å². The van der Waals surface area contributed by atoms with Crippen molar-refractivity contribution in [3.63, 3.8) is 0 Å². The fraction of sp³-hybridized carbons (Fsp3) is 0.643. The van der Waals surface area contributed by atoms with Gasteiger partial charge in [-0.3, -0.25) is 4.98 Å². The van der Waals surface area contributed by atoms with E-state index in [9.17, 15) is 0 Å². The molecule has 1 unspecified atom stereocenters. The lowest BCUT2D eigenvalue weighted by Crippen LogP contribution is -2.39. The van der Waals surface area contributed by atoms with Gasteiger partial charge in [0.15, 0.2) is 8.32 Å². The normalized spacial score (nSPS) is 13.6. The molecule has 0 saturated carbocycles. The first-order valence-electron chi connectivity index (χ1n) is 7.01. The molecule has 0 radical (unpaired) electrons. The number of aryl methyl sites for hydroxylation is 1. The molecule has 1 aromatic heterocycles. The van der Waals surface area contributed by atoms with Crippen LogP contribution in [-0.2, 0) is 4.43 Å². The molecule has 5 heteroatoms. The lowest BCUT2D eigenvalue weighted by Gasteiger charge is -2.33. The quantitative estimate of drug-likeness (QED) is 0.772. The molecule has 1 rings (SSSR count). The van der Waals surface area contributed by atoms with Crippen molar-refractivity contribution in [2.45, 2.75) is 51.9 Å². The van der Waals surface area contributed by atoms with Gasteiger partial charge in [-0.15, -0.1) is 0 Å². The molecule has 0 aliphatic rings. The third-order valence-electron chi connectivity index (χ3n) is 4.00. The summed E-state index contributed by atoms with van der Waals surface area (Å²) in [6.45, 7) is 9.11. The van der Waals surface area contributed by atoms with Gasteiger partial charge in [0.2, 0.25) is 0 Å². The van der Waals surface area contributed by atoms with E-state index in [0.717, 1.165) is 29.3 Å². The Hall–Kier alpha value is -0.423. The minimum absolute atomic E-state index is 0.109. The fourth-order valence-electron chi connectivity index (χ4n) is 2.48. The molecule has 0 spiro atoms. The first-order chi connectivity index (χ1) is 9.03. The number of hydrogen-bond donors (Lipinski definition) is 1. The number of rotatable bonds is 7. The summed E-state index contributed by atoms with van der Waals surface area (Å²) in [5.74, 6) is 0. The zero-order chi connectivity index (χ0) is 14.5. The van der Waals surface area contributed by atoms with Crippen molar-refractivity contribution in [2.75, 3.05) is 6.54 Å². The summed E-state index contributed by atoms with van der Waals surface area (Å²) in [5, 5.41) is 0.654. The Morgan fingerprint density at radius 2 is 1.84 bits per heavy atom. The summed E-state index contributed by atoms with van der Waals surface area (Å²) in [6, 6.07) is 3.33. The third-order valence-corrected chi connectivity index (χ3v) is 8.95. The highest BCUT2D eigenvalue weighted by Crippen LogP contribution is 2.33. The number of halogens is 1. The zero-order valence-electron chi connectivity index (χ0n) is 12.4. The molecule has 0 saturated heterocycles. The maximum absolute atomic E-state index is 6.48. The molecular weight excluding hydrogens is 276 g/mol. The molecule has 2 N–H and O–H groups in total. The molecule has 1 atom stereocenters. The van der Waals surface area contributed by atoms with Crippen LogP contribution in [0.5, 0.6) is 0 Å². The van der Waals surface area contributed by atoms with Gasteiger partial charge in [0, 0.05) is 24.5 Å². The maximum atomic E-state index is 6.48. The third kappa shape index (κ3) is 3.78. The highest BCUT2D eigenvalue weighted by Gasteiger charge is 2.33. The minimum Gasteiger partial charge on any atom is -0.409 e. The second-order valence-electron chi connectivity index (χ2n) is 4.94. The Morgan fingerprint density at radius 1 is 1.26 bits per heavy atom. The molecule has 0 aliphatic heterocycles. The van der Waals surface area contributed by atoms with Crippen molar-refractivity contribution in [2.24, 2.45) is 5.73 Å². The molecule has 0 fully saturated rings. The van der Waals surface area contributed by atoms with E-state index < -0.39 is 8.32 Å². The molecule has 0 aliphatic carbocycles. The van der Waals surface area contributed by atoms with Crippen molar-refractivity contribution in [1.82, 2.24) is 4.98 Å². The summed E-state index contributed by atoms with van der Waals surface area (Å²) >= 11 is 6.28. The maximum Gasteiger partial charge on any atom is 0.192 e. The van der Waals surface area contributed by atoms with Gasteiger partial charge in [0.1, 0.15) is 0 Å². The smallest absolute Gasteiger partial charge is 0.192 e. The van der Waals surface area contributed by atoms with Gasteiger partial charge >= 0.3 is 0 Å². The Balaban J connectivity index is 3.07. The average Bonchev–Trinajstić information content (AvgIpc) is 2.43. The van der Waals surface area contributed by atoms with Crippen LogP contribution in [0.4, 0.5) is 0 Å². The monoisotopic (exact) mass is 300 g/mol. The molecule has 1 heterocycles. The van der Waals surface area contributed by atoms with Crippen molar-refractivity contribution >= 4 is 19.9 Å². The van der Waals surface area contributed by atoms with E-state index in [1.54, 1.807) is 6.20 Å². The average molecular weight is 301 g/mol. The molecule has 0 bridgehead atoms. The van der Waals surface area contributed by atoms with E-state index in [-0.39, 0.29) is 6.10 Å². The summed E-state index contributed by atoms with van der Waals surface area (Å²) < 4.78 is 6.48. The number of hydrogen-bond acceptors (Lipinski definition) is 3. The number of aromatic nitrogens is 1. The van der Waals surface area contributed by atoms with Crippen LogP contribution >= 0.6 is 11.6 Å². The van der Waals surface area contributed by atoms with Crippen LogP contribution in [0.2, 0.25) is 23.2 Å². The van der Waals surface area contributed by atoms with Gasteiger partial charge in [0.05, 0.1) is 11.1 Å². The van der Waals surface area contributed by atoms with Crippen LogP contribution in [0, 0.1) is 6.92 Å². The van der Waals surface area contributed by atoms with E-state index in [2.05, 4.69) is 25.8 Å². The Labute approximate surface area is 122 Å². The van der Waals surface area contributed by atoms with Crippen LogP contribution in [0.3, 0.4) is 0 Å². The lowest BCUT2D eigenvalue weighted by atomic mass is 10.1. The Morgan fingerprint density at radius 3 is 2.26 bits per heavy atom. The van der Waals surface area contributed by atoms with E-state index in [4.69, 9.17) is 21.8 Å². The molecule has 19 heavy (non-hydrogen) atoms. The van der Waals surface area contributed by atoms with Crippen molar-refractivity contribution in [3.8, 4) is 0 Å². The van der Waals surface area contributed by atoms with E-state index in [0.29, 0.717) is 11.6 Å². The van der Waals surface area contributed by atoms with Gasteiger partial charge < -0.3 is 10.2 Å². The molecule has 0 amide bonds. The van der Waals surface area contributed by atoms with Crippen molar-refractivity contribution < 1.29 is 4.43 Å². The van der Waals surface area contributed by atoms with Crippen LogP contribution in [0.15, 0.2) is 12.4 Å². The van der Waals surface area contributed by atoms with Crippen LogP contribution < -0.4 is 5.73 Å². The molecular formula is C14H25ClN2OSi. The van der Waals surface area contributed by atoms with Crippen LogP contribution in [0.25, 0.3) is 0 Å².